The number of rotatable bonds is 1. The Labute approximate surface area is 91.3 Å². The number of alkyl halides is 1. The maximum atomic E-state index is 11.6. The first-order valence-electron chi connectivity index (χ1n) is 4.53. The summed E-state index contributed by atoms with van der Waals surface area (Å²) >= 11 is 3.46. The summed E-state index contributed by atoms with van der Waals surface area (Å²) in [5.74, 6) is 0.169. The molecule has 3 nitrogen and oxygen atoms in total. The molecule has 1 fully saturated rings. The van der Waals surface area contributed by atoms with E-state index in [0.717, 1.165) is 17.8 Å². The molecule has 1 aliphatic heterocycles. The van der Waals surface area contributed by atoms with Gasteiger partial charge in [0.15, 0.2) is 0 Å². The summed E-state index contributed by atoms with van der Waals surface area (Å²) in [5.41, 5.74) is 2.02. The van der Waals surface area contributed by atoms with Crippen LogP contribution in [0, 0.1) is 6.92 Å². The second-order valence-corrected chi connectivity index (χ2v) is 4.76. The maximum absolute atomic E-state index is 11.6. The van der Waals surface area contributed by atoms with Gasteiger partial charge >= 0.3 is 0 Å². The smallest absolute Gasteiger partial charge is 0.228 e. The minimum atomic E-state index is 0.169. The number of carbonyl (C=O) groups is 1. The predicted octanol–water partition coefficient (Wildman–Crippen LogP) is 1.89. The van der Waals surface area contributed by atoms with Gasteiger partial charge in [-0.1, -0.05) is 15.9 Å². The van der Waals surface area contributed by atoms with E-state index in [2.05, 4.69) is 20.9 Å². The fraction of sp³-hybridized carbons (Fsp3) is 0.400. The number of nitrogens with zero attached hydrogens (tertiary/aromatic N) is 2. The van der Waals surface area contributed by atoms with Crippen molar-refractivity contribution in [1.29, 1.82) is 0 Å². The lowest BCUT2D eigenvalue weighted by atomic mass is 10.2. The lowest BCUT2D eigenvalue weighted by Crippen LogP contribution is -2.25. The standard InChI is InChI=1S/C10H11BrN2O/c1-7-2-3-12-5-9(7)13-6-8(11)4-10(13)14/h2-3,5,8H,4,6H2,1H3. The van der Waals surface area contributed by atoms with Crippen LogP contribution in [0.2, 0.25) is 0 Å². The summed E-state index contributed by atoms with van der Waals surface area (Å²) in [6, 6.07) is 1.92. The van der Waals surface area contributed by atoms with E-state index in [-0.39, 0.29) is 10.7 Å². The molecule has 0 aromatic carbocycles. The van der Waals surface area contributed by atoms with Gasteiger partial charge in [-0.25, -0.2) is 0 Å². The largest absolute Gasteiger partial charge is 0.309 e. The average Bonchev–Trinajstić information content (AvgIpc) is 2.46. The first-order chi connectivity index (χ1) is 6.68. The van der Waals surface area contributed by atoms with Gasteiger partial charge in [-0.15, -0.1) is 0 Å². The van der Waals surface area contributed by atoms with Gasteiger partial charge in [-0.05, 0) is 18.6 Å². The monoisotopic (exact) mass is 254 g/mol. The molecule has 74 valence electrons. The molecule has 1 aromatic heterocycles. The minimum Gasteiger partial charge on any atom is -0.309 e. The van der Waals surface area contributed by atoms with Crippen LogP contribution in [-0.4, -0.2) is 22.3 Å². The number of pyridine rings is 1. The van der Waals surface area contributed by atoms with Gasteiger partial charge in [0.05, 0.1) is 11.9 Å². The van der Waals surface area contributed by atoms with Crippen molar-refractivity contribution >= 4 is 27.5 Å². The van der Waals surface area contributed by atoms with Gasteiger partial charge in [0.25, 0.3) is 0 Å². The molecular weight excluding hydrogens is 244 g/mol. The van der Waals surface area contributed by atoms with Crippen molar-refractivity contribution in [3.8, 4) is 0 Å². The van der Waals surface area contributed by atoms with Crippen LogP contribution in [0.15, 0.2) is 18.5 Å². The van der Waals surface area contributed by atoms with E-state index in [4.69, 9.17) is 0 Å². The number of hydrogen-bond donors (Lipinski definition) is 0. The highest BCUT2D eigenvalue weighted by Gasteiger charge is 2.29. The van der Waals surface area contributed by atoms with E-state index in [9.17, 15) is 4.79 Å². The molecule has 1 unspecified atom stereocenters. The number of aromatic nitrogens is 1. The summed E-state index contributed by atoms with van der Waals surface area (Å²) in [4.78, 5) is 17.7. The fourth-order valence-electron chi connectivity index (χ4n) is 1.64. The Bertz CT molecular complexity index is 367. The van der Waals surface area contributed by atoms with Crippen molar-refractivity contribution in [3.05, 3.63) is 24.0 Å². The van der Waals surface area contributed by atoms with Crippen molar-refractivity contribution in [3.63, 3.8) is 0 Å². The van der Waals surface area contributed by atoms with Crippen LogP contribution in [0.1, 0.15) is 12.0 Å². The average molecular weight is 255 g/mol. The molecule has 1 amide bonds. The molecule has 1 aliphatic rings. The third-order valence-electron chi connectivity index (χ3n) is 2.38. The van der Waals surface area contributed by atoms with Crippen LogP contribution in [0.5, 0.6) is 0 Å². The van der Waals surface area contributed by atoms with Crippen molar-refractivity contribution in [2.24, 2.45) is 0 Å². The number of carbonyl (C=O) groups excluding carboxylic acids is 1. The molecule has 2 rings (SSSR count). The van der Waals surface area contributed by atoms with E-state index in [1.807, 2.05) is 13.0 Å². The Morgan fingerprint density at radius 2 is 2.43 bits per heavy atom. The van der Waals surface area contributed by atoms with Gasteiger partial charge in [-0.3, -0.25) is 9.78 Å². The van der Waals surface area contributed by atoms with E-state index < -0.39 is 0 Å². The Balaban J connectivity index is 2.32. The molecular formula is C10H11BrN2O. The van der Waals surface area contributed by atoms with E-state index in [0.29, 0.717) is 6.42 Å². The van der Waals surface area contributed by atoms with Gasteiger partial charge < -0.3 is 4.90 Å². The summed E-state index contributed by atoms with van der Waals surface area (Å²) < 4.78 is 0. The molecule has 2 heterocycles. The molecule has 1 atom stereocenters. The van der Waals surface area contributed by atoms with Crippen LogP contribution in [0.4, 0.5) is 5.69 Å². The molecule has 4 heteroatoms. The first-order valence-corrected chi connectivity index (χ1v) is 5.45. The number of hydrogen-bond acceptors (Lipinski definition) is 2. The molecule has 0 N–H and O–H groups in total. The summed E-state index contributed by atoms with van der Waals surface area (Å²) in [6.45, 7) is 2.73. The number of anilines is 1. The zero-order valence-electron chi connectivity index (χ0n) is 7.90. The number of amides is 1. The second kappa shape index (κ2) is 3.69. The Kier molecular flexibility index (Phi) is 2.54. The molecule has 0 saturated carbocycles. The minimum absolute atomic E-state index is 0.169. The van der Waals surface area contributed by atoms with Crippen LogP contribution in [-0.2, 0) is 4.79 Å². The van der Waals surface area contributed by atoms with Gasteiger partial charge in [0, 0.05) is 24.0 Å². The third-order valence-corrected chi connectivity index (χ3v) is 2.99. The molecule has 0 aliphatic carbocycles. The Morgan fingerprint density at radius 3 is 3.00 bits per heavy atom. The molecule has 1 saturated heterocycles. The molecule has 0 radical (unpaired) electrons. The molecule has 0 spiro atoms. The lowest BCUT2D eigenvalue weighted by molar-refractivity contribution is -0.117. The van der Waals surface area contributed by atoms with Gasteiger partial charge in [0.2, 0.25) is 5.91 Å². The summed E-state index contributed by atoms with van der Waals surface area (Å²) in [7, 11) is 0. The lowest BCUT2D eigenvalue weighted by Gasteiger charge is -2.17. The Hall–Kier alpha value is -0.900. The highest BCUT2D eigenvalue weighted by molar-refractivity contribution is 9.09. The van der Waals surface area contributed by atoms with E-state index >= 15 is 0 Å². The molecule has 0 bridgehead atoms. The second-order valence-electron chi connectivity index (χ2n) is 3.47. The summed E-state index contributed by atoms with van der Waals surface area (Å²) in [5, 5.41) is 0. The van der Waals surface area contributed by atoms with Crippen molar-refractivity contribution < 1.29 is 4.79 Å². The van der Waals surface area contributed by atoms with Crippen LogP contribution < -0.4 is 4.90 Å². The highest BCUT2D eigenvalue weighted by atomic mass is 79.9. The number of halogens is 1. The van der Waals surface area contributed by atoms with Crippen LogP contribution in [0.25, 0.3) is 0 Å². The quantitative estimate of drug-likeness (QED) is 0.718. The fourth-order valence-corrected chi connectivity index (χ4v) is 2.20. The van der Waals surface area contributed by atoms with E-state index in [1.165, 1.54) is 0 Å². The SMILES string of the molecule is Cc1ccncc1N1CC(Br)CC1=O. The Morgan fingerprint density at radius 1 is 1.64 bits per heavy atom. The third kappa shape index (κ3) is 1.66. The highest BCUT2D eigenvalue weighted by Crippen LogP contribution is 2.26. The maximum Gasteiger partial charge on any atom is 0.228 e. The van der Waals surface area contributed by atoms with Crippen molar-refractivity contribution in [2.75, 3.05) is 11.4 Å². The van der Waals surface area contributed by atoms with Crippen molar-refractivity contribution in [1.82, 2.24) is 4.98 Å². The predicted molar refractivity (Wildman–Crippen MR) is 58.7 cm³/mol. The van der Waals surface area contributed by atoms with Crippen LogP contribution in [0.3, 0.4) is 0 Å². The normalized spacial score (nSPS) is 21.7. The molecule has 1 aromatic rings. The van der Waals surface area contributed by atoms with E-state index in [1.54, 1.807) is 17.3 Å². The van der Waals surface area contributed by atoms with Crippen LogP contribution >= 0.6 is 15.9 Å². The zero-order chi connectivity index (χ0) is 10.1. The van der Waals surface area contributed by atoms with Gasteiger partial charge in [-0.2, -0.15) is 0 Å². The summed E-state index contributed by atoms with van der Waals surface area (Å²) in [6.07, 6.45) is 4.07. The molecule has 14 heavy (non-hydrogen) atoms. The first kappa shape index (κ1) is 9.65. The topological polar surface area (TPSA) is 33.2 Å². The van der Waals surface area contributed by atoms with Crippen molar-refractivity contribution in [2.45, 2.75) is 18.2 Å². The van der Waals surface area contributed by atoms with Gasteiger partial charge in [0.1, 0.15) is 0 Å². The zero-order valence-corrected chi connectivity index (χ0v) is 9.49. The number of aryl methyl sites for hydroxylation is 1.